The first-order valence-corrected chi connectivity index (χ1v) is 9.96. The number of carbonyl (C=O) groups is 1. The van der Waals surface area contributed by atoms with Crippen LogP contribution in [-0.2, 0) is 6.61 Å². The van der Waals surface area contributed by atoms with E-state index in [0.29, 0.717) is 28.1 Å². The maximum atomic E-state index is 11.9. The number of rotatable bonds is 9. The first-order chi connectivity index (χ1) is 15.0. The number of hydrogen-bond donors (Lipinski definition) is 1. The zero-order valence-corrected chi connectivity index (χ0v) is 18.0. The van der Waals surface area contributed by atoms with Gasteiger partial charge in [0.25, 0.3) is 5.69 Å². The maximum absolute atomic E-state index is 11.9. The van der Waals surface area contributed by atoms with Gasteiger partial charge in [0.2, 0.25) is 0 Å². The predicted octanol–water partition coefficient (Wildman–Crippen LogP) is 4.69. The molecule has 0 fully saturated rings. The van der Waals surface area contributed by atoms with Crippen LogP contribution in [0.25, 0.3) is 0 Å². The molecule has 9 nitrogen and oxygen atoms in total. The van der Waals surface area contributed by atoms with Gasteiger partial charge < -0.3 is 13.9 Å². The van der Waals surface area contributed by atoms with Gasteiger partial charge in [-0.1, -0.05) is 0 Å². The minimum Gasteiger partial charge on any atom is -0.490 e. The molecule has 10 heteroatoms. The van der Waals surface area contributed by atoms with Crippen LogP contribution in [0.2, 0.25) is 0 Å². The number of nitrogens with zero attached hydrogens (tertiary/aromatic N) is 2. The Morgan fingerprint density at radius 3 is 2.68 bits per heavy atom. The highest BCUT2D eigenvalue weighted by molar-refractivity contribution is 9.10. The molecule has 0 saturated heterocycles. The molecule has 0 spiro atoms. The molecule has 31 heavy (non-hydrogen) atoms. The van der Waals surface area contributed by atoms with E-state index in [2.05, 4.69) is 26.5 Å². The number of nitro groups is 1. The fourth-order valence-electron chi connectivity index (χ4n) is 2.56. The fourth-order valence-corrected chi connectivity index (χ4v) is 3.14. The van der Waals surface area contributed by atoms with Crippen LogP contribution in [0.5, 0.6) is 11.5 Å². The summed E-state index contributed by atoms with van der Waals surface area (Å²) in [4.78, 5) is 22.2. The Balaban J connectivity index is 1.71. The Hall–Kier alpha value is -3.66. The van der Waals surface area contributed by atoms with Crippen molar-refractivity contribution in [3.05, 3.63) is 86.3 Å². The van der Waals surface area contributed by atoms with E-state index in [0.717, 1.165) is 5.56 Å². The average molecular weight is 488 g/mol. The fraction of sp³-hybridized carbons (Fsp3) is 0.143. The van der Waals surface area contributed by atoms with Crippen molar-refractivity contribution in [2.45, 2.75) is 13.5 Å². The minimum atomic E-state index is -0.464. The number of ether oxygens (including phenoxy) is 2. The Bertz CT molecular complexity index is 1080. The van der Waals surface area contributed by atoms with Crippen LogP contribution >= 0.6 is 15.9 Å². The van der Waals surface area contributed by atoms with E-state index in [4.69, 9.17) is 13.9 Å². The van der Waals surface area contributed by atoms with E-state index in [1.54, 1.807) is 30.3 Å². The number of nitrogens with one attached hydrogen (secondary N) is 1. The third-order valence-electron chi connectivity index (χ3n) is 3.99. The van der Waals surface area contributed by atoms with E-state index in [9.17, 15) is 14.9 Å². The highest BCUT2D eigenvalue weighted by Crippen LogP contribution is 2.37. The monoisotopic (exact) mass is 487 g/mol. The summed E-state index contributed by atoms with van der Waals surface area (Å²) in [6.07, 6.45) is 2.87. The van der Waals surface area contributed by atoms with Crippen LogP contribution in [0.15, 0.2) is 68.8 Å². The minimum absolute atomic E-state index is 0.0164. The third-order valence-corrected chi connectivity index (χ3v) is 4.58. The lowest BCUT2D eigenvalue weighted by molar-refractivity contribution is -0.384. The molecule has 0 aliphatic heterocycles. The number of benzene rings is 2. The second-order valence-electron chi connectivity index (χ2n) is 6.15. The SMILES string of the molecule is CCOc1cc(/C=N/NC(=O)c2ccco2)cc(Br)c1OCc1ccc([N+](=O)[O-])cc1. The largest absolute Gasteiger partial charge is 0.490 e. The molecule has 0 radical (unpaired) electrons. The molecule has 1 N–H and O–H groups in total. The molecular formula is C21H18BrN3O6. The van der Waals surface area contributed by atoms with Crippen molar-refractivity contribution in [2.75, 3.05) is 6.61 Å². The van der Waals surface area contributed by atoms with Crippen molar-refractivity contribution < 1.29 is 23.6 Å². The zero-order valence-electron chi connectivity index (χ0n) is 16.4. The highest BCUT2D eigenvalue weighted by Gasteiger charge is 2.13. The van der Waals surface area contributed by atoms with Gasteiger partial charge in [0.15, 0.2) is 17.3 Å². The lowest BCUT2D eigenvalue weighted by atomic mass is 10.2. The zero-order chi connectivity index (χ0) is 22.2. The van der Waals surface area contributed by atoms with E-state index < -0.39 is 10.8 Å². The molecule has 0 atom stereocenters. The number of furan rings is 1. The summed E-state index contributed by atoms with van der Waals surface area (Å²) in [5.41, 5.74) is 3.83. The van der Waals surface area contributed by atoms with Crippen LogP contribution in [0.4, 0.5) is 5.69 Å². The van der Waals surface area contributed by atoms with Gasteiger partial charge in [-0.3, -0.25) is 14.9 Å². The number of carbonyl (C=O) groups excluding carboxylic acids is 1. The van der Waals surface area contributed by atoms with Crippen molar-refractivity contribution in [1.82, 2.24) is 5.43 Å². The molecule has 0 aliphatic carbocycles. The molecule has 3 rings (SSSR count). The predicted molar refractivity (Wildman–Crippen MR) is 117 cm³/mol. The number of amides is 1. The Labute approximate surface area is 185 Å². The molecule has 1 aromatic heterocycles. The summed E-state index contributed by atoms with van der Waals surface area (Å²) in [7, 11) is 0. The highest BCUT2D eigenvalue weighted by atomic mass is 79.9. The summed E-state index contributed by atoms with van der Waals surface area (Å²) in [5.74, 6) is 0.659. The quantitative estimate of drug-likeness (QED) is 0.265. The van der Waals surface area contributed by atoms with Crippen molar-refractivity contribution in [3.63, 3.8) is 0 Å². The van der Waals surface area contributed by atoms with Gasteiger partial charge >= 0.3 is 5.91 Å². The van der Waals surface area contributed by atoms with Gasteiger partial charge in [0, 0.05) is 12.1 Å². The van der Waals surface area contributed by atoms with E-state index in [1.165, 1.54) is 30.7 Å². The number of hydrazone groups is 1. The summed E-state index contributed by atoms with van der Waals surface area (Å²) < 4.78 is 17.2. The van der Waals surface area contributed by atoms with Crippen LogP contribution < -0.4 is 14.9 Å². The first-order valence-electron chi connectivity index (χ1n) is 9.17. The Morgan fingerprint density at radius 2 is 2.03 bits per heavy atom. The number of halogens is 1. The molecule has 160 valence electrons. The first kappa shape index (κ1) is 22.0. The third kappa shape index (κ3) is 5.92. The maximum Gasteiger partial charge on any atom is 0.307 e. The van der Waals surface area contributed by atoms with Gasteiger partial charge in [-0.05, 0) is 70.4 Å². The van der Waals surface area contributed by atoms with Crippen LogP contribution in [0.1, 0.15) is 28.6 Å². The molecule has 1 heterocycles. The summed E-state index contributed by atoms with van der Waals surface area (Å²) >= 11 is 3.47. The second-order valence-corrected chi connectivity index (χ2v) is 7.01. The topological polar surface area (TPSA) is 116 Å². The second kappa shape index (κ2) is 10.4. The molecule has 0 unspecified atom stereocenters. The normalized spacial score (nSPS) is 10.8. The lowest BCUT2D eigenvalue weighted by Crippen LogP contribution is -2.16. The van der Waals surface area contributed by atoms with Gasteiger partial charge in [-0.2, -0.15) is 5.10 Å². The number of non-ortho nitro benzene ring substituents is 1. The van der Waals surface area contributed by atoms with Crippen molar-refractivity contribution >= 4 is 33.7 Å². The molecule has 0 aliphatic rings. The average Bonchev–Trinajstić information content (AvgIpc) is 3.29. The van der Waals surface area contributed by atoms with Crippen LogP contribution in [-0.4, -0.2) is 23.7 Å². The van der Waals surface area contributed by atoms with Gasteiger partial charge in [-0.15, -0.1) is 0 Å². The standard InChI is InChI=1S/C21H18BrN3O6/c1-2-29-19-11-15(12-23-24-21(26)18-4-3-9-30-18)10-17(22)20(19)31-13-14-5-7-16(8-6-14)25(27)28/h3-12H,2,13H2,1H3,(H,24,26)/b23-12+. The van der Waals surface area contributed by atoms with Crippen molar-refractivity contribution in [2.24, 2.45) is 5.10 Å². The molecule has 0 bridgehead atoms. The Morgan fingerprint density at radius 1 is 1.26 bits per heavy atom. The van der Waals surface area contributed by atoms with E-state index in [-0.39, 0.29) is 18.1 Å². The lowest BCUT2D eigenvalue weighted by Gasteiger charge is -2.14. The smallest absolute Gasteiger partial charge is 0.307 e. The van der Waals surface area contributed by atoms with Crippen LogP contribution in [0, 0.1) is 10.1 Å². The van der Waals surface area contributed by atoms with Gasteiger partial charge in [0.05, 0.1) is 28.5 Å². The Kier molecular flexibility index (Phi) is 7.39. The molecule has 3 aromatic rings. The van der Waals surface area contributed by atoms with Crippen LogP contribution in [0.3, 0.4) is 0 Å². The number of hydrogen-bond acceptors (Lipinski definition) is 7. The molecular weight excluding hydrogens is 470 g/mol. The van der Waals surface area contributed by atoms with Gasteiger partial charge in [0.1, 0.15) is 6.61 Å². The van der Waals surface area contributed by atoms with Crippen molar-refractivity contribution in [1.29, 1.82) is 0 Å². The van der Waals surface area contributed by atoms with E-state index >= 15 is 0 Å². The van der Waals surface area contributed by atoms with Gasteiger partial charge in [-0.25, -0.2) is 5.43 Å². The molecule has 0 saturated carbocycles. The summed E-state index contributed by atoms with van der Waals surface area (Å²) in [6.45, 7) is 2.46. The van der Waals surface area contributed by atoms with E-state index in [1.807, 2.05) is 6.92 Å². The molecule has 1 amide bonds. The molecule has 2 aromatic carbocycles. The summed E-state index contributed by atoms with van der Waals surface area (Å²) in [6, 6.07) is 12.7. The summed E-state index contributed by atoms with van der Waals surface area (Å²) in [5, 5.41) is 14.7. The van der Waals surface area contributed by atoms with Crippen molar-refractivity contribution in [3.8, 4) is 11.5 Å². The number of nitro benzene ring substituents is 1.